The molecule has 0 saturated carbocycles. The number of pyridine rings is 1. The molecule has 3 amide bonds. The van der Waals surface area contributed by atoms with Crippen molar-refractivity contribution in [3.8, 4) is 11.8 Å². The quantitative estimate of drug-likeness (QED) is 0.0758. The van der Waals surface area contributed by atoms with E-state index in [-0.39, 0.29) is 24.3 Å². The summed E-state index contributed by atoms with van der Waals surface area (Å²) >= 11 is 0. The predicted octanol–water partition coefficient (Wildman–Crippen LogP) is 3.24. The molecule has 4 N–H and O–H groups in total. The molecule has 0 bridgehead atoms. The van der Waals surface area contributed by atoms with Crippen molar-refractivity contribution >= 4 is 38.5 Å². The van der Waals surface area contributed by atoms with Crippen molar-refractivity contribution in [2.45, 2.75) is 31.1 Å². The van der Waals surface area contributed by atoms with E-state index in [0.717, 1.165) is 5.69 Å². The summed E-state index contributed by atoms with van der Waals surface area (Å²) in [5.74, 6) is 4.54. The van der Waals surface area contributed by atoms with E-state index in [1.54, 1.807) is 79.3 Å². The monoisotopic (exact) mass is 598 g/mol. The molecule has 0 aliphatic carbocycles. The van der Waals surface area contributed by atoms with E-state index in [0.29, 0.717) is 33.8 Å². The number of nitrogens with zero attached hydrogens (tertiary/aromatic N) is 3. The number of amides is 3. The van der Waals surface area contributed by atoms with Crippen LogP contribution >= 0.6 is 0 Å². The summed E-state index contributed by atoms with van der Waals surface area (Å²) in [4.78, 5) is 41.7. The number of carbonyl (C=O) groups is 3. The van der Waals surface area contributed by atoms with Gasteiger partial charge in [-0.2, -0.15) is 5.10 Å². The Hall–Kier alpha value is -5.25. The lowest BCUT2D eigenvalue weighted by atomic mass is 10.1. The van der Waals surface area contributed by atoms with Crippen LogP contribution in [0.2, 0.25) is 0 Å². The molecular weight excluding hydrogens is 568 g/mol. The number of anilines is 1. The van der Waals surface area contributed by atoms with Gasteiger partial charge in [0.1, 0.15) is 5.69 Å². The van der Waals surface area contributed by atoms with Gasteiger partial charge in [0.2, 0.25) is 5.91 Å². The van der Waals surface area contributed by atoms with Gasteiger partial charge in [0, 0.05) is 47.6 Å². The Kier molecular flexibility index (Phi) is 10.1. The molecule has 0 fully saturated rings. The van der Waals surface area contributed by atoms with Gasteiger partial charge in [-0.3, -0.25) is 34.0 Å². The molecule has 220 valence electrons. The highest BCUT2D eigenvalue weighted by atomic mass is 32.2. The number of carbonyl (C=O) groups excluding carboxylic acids is 3. The van der Waals surface area contributed by atoms with Gasteiger partial charge in [-0.05, 0) is 67.6 Å². The zero-order valence-corrected chi connectivity index (χ0v) is 24.4. The van der Waals surface area contributed by atoms with Crippen molar-refractivity contribution < 1.29 is 23.8 Å². The Morgan fingerprint density at radius 2 is 1.74 bits per heavy atom. The van der Waals surface area contributed by atoms with Gasteiger partial charge in [0.05, 0.1) is 21.0 Å². The van der Waals surface area contributed by atoms with E-state index in [9.17, 15) is 18.6 Å². The van der Waals surface area contributed by atoms with Crippen LogP contribution in [0.15, 0.2) is 84.0 Å². The summed E-state index contributed by atoms with van der Waals surface area (Å²) in [5.41, 5.74) is 4.54. The van der Waals surface area contributed by atoms with Gasteiger partial charge < -0.3 is 5.32 Å². The molecule has 4 rings (SSSR count). The first-order valence-corrected chi connectivity index (χ1v) is 14.9. The number of rotatable bonds is 9. The molecule has 1 unspecified atom stereocenters. The highest BCUT2D eigenvalue weighted by Crippen LogP contribution is 2.14. The number of aromatic nitrogens is 3. The van der Waals surface area contributed by atoms with Crippen molar-refractivity contribution in [3.63, 3.8) is 0 Å². The molecule has 11 nitrogen and oxygen atoms in total. The molecule has 0 aliphatic rings. The number of hydrogen-bond acceptors (Lipinski definition) is 7. The number of unbranched alkanes of at least 4 members (excludes halogenated alkanes) is 1. The lowest BCUT2D eigenvalue weighted by molar-refractivity contribution is -0.129. The Morgan fingerprint density at radius 1 is 0.977 bits per heavy atom. The first-order chi connectivity index (χ1) is 20.7. The van der Waals surface area contributed by atoms with Crippen LogP contribution in [0.25, 0.3) is 0 Å². The van der Waals surface area contributed by atoms with Crippen molar-refractivity contribution in [2.24, 2.45) is 7.05 Å². The largest absolute Gasteiger partial charge is 0.321 e. The van der Waals surface area contributed by atoms with E-state index in [2.05, 4.69) is 32.0 Å². The molecule has 0 radical (unpaired) electrons. The summed E-state index contributed by atoms with van der Waals surface area (Å²) in [7, 11) is -1.45. The molecule has 2 aromatic heterocycles. The summed E-state index contributed by atoms with van der Waals surface area (Å²) in [6, 6.07) is 18.8. The SMILES string of the molecule is Cc1cc(C(=O)Nc2cccc(C#Cc3cncc(C(=O)NS(=O)(=CCCCC(=O)NO)c4ccccc4)c3)c2)n(C)n1. The second-order valence-corrected chi connectivity index (χ2v) is 11.7. The van der Waals surface area contributed by atoms with Gasteiger partial charge in [0.15, 0.2) is 0 Å². The van der Waals surface area contributed by atoms with Crippen LogP contribution in [-0.2, 0) is 21.5 Å². The minimum Gasteiger partial charge on any atom is -0.321 e. The fraction of sp³-hybridized carbons (Fsp3) is 0.161. The third-order valence-corrected chi connectivity index (χ3v) is 8.30. The Morgan fingerprint density at radius 3 is 2.47 bits per heavy atom. The summed E-state index contributed by atoms with van der Waals surface area (Å²) in [6.45, 7) is 1.81. The van der Waals surface area contributed by atoms with Crippen molar-refractivity contribution in [1.82, 2.24) is 25.0 Å². The summed E-state index contributed by atoms with van der Waals surface area (Å²) in [5, 5.41) is 17.2. The van der Waals surface area contributed by atoms with Crippen LogP contribution in [0.3, 0.4) is 0 Å². The third-order valence-electron chi connectivity index (χ3n) is 6.13. The Bertz CT molecular complexity index is 1830. The molecule has 12 heteroatoms. The number of benzene rings is 2. The molecule has 2 aromatic carbocycles. The van der Waals surface area contributed by atoms with E-state index in [1.165, 1.54) is 22.4 Å². The first kappa shape index (κ1) is 30.7. The normalized spacial score (nSPS) is 11.8. The molecule has 0 saturated heterocycles. The molecule has 43 heavy (non-hydrogen) atoms. The molecule has 0 spiro atoms. The predicted molar refractivity (Wildman–Crippen MR) is 163 cm³/mol. The maximum atomic E-state index is 13.9. The molecule has 1 atom stereocenters. The van der Waals surface area contributed by atoms with Crippen LogP contribution in [-0.4, -0.2) is 47.3 Å². The van der Waals surface area contributed by atoms with Gasteiger partial charge in [0.25, 0.3) is 11.8 Å². The highest BCUT2D eigenvalue weighted by Gasteiger charge is 2.17. The second-order valence-electron chi connectivity index (χ2n) is 9.48. The highest BCUT2D eigenvalue weighted by molar-refractivity contribution is 8.00. The van der Waals surface area contributed by atoms with Crippen LogP contribution in [0.1, 0.15) is 56.9 Å². The molecule has 2 heterocycles. The van der Waals surface area contributed by atoms with E-state index >= 15 is 0 Å². The third kappa shape index (κ3) is 8.38. The number of nitrogens with one attached hydrogen (secondary N) is 3. The van der Waals surface area contributed by atoms with Crippen LogP contribution in [0.4, 0.5) is 5.69 Å². The lowest BCUT2D eigenvalue weighted by Gasteiger charge is -2.14. The minimum absolute atomic E-state index is 0.0370. The van der Waals surface area contributed by atoms with Crippen molar-refractivity contribution in [2.75, 3.05) is 5.32 Å². The Labute approximate surface area is 249 Å². The van der Waals surface area contributed by atoms with Gasteiger partial charge >= 0.3 is 0 Å². The zero-order valence-electron chi connectivity index (χ0n) is 23.5. The van der Waals surface area contributed by atoms with Crippen molar-refractivity contribution in [3.05, 3.63) is 107 Å². The maximum absolute atomic E-state index is 13.9. The summed E-state index contributed by atoms with van der Waals surface area (Å²) < 4.78 is 18.0. The topological polar surface area (TPSA) is 155 Å². The molecule has 0 aliphatic heterocycles. The maximum Gasteiger partial charge on any atom is 0.273 e. The fourth-order valence-corrected chi connectivity index (χ4v) is 5.90. The average molecular weight is 599 g/mol. The fourth-order valence-electron chi connectivity index (χ4n) is 4.05. The van der Waals surface area contributed by atoms with Crippen LogP contribution in [0.5, 0.6) is 0 Å². The lowest BCUT2D eigenvalue weighted by Crippen LogP contribution is -2.32. The Balaban J connectivity index is 1.49. The van der Waals surface area contributed by atoms with E-state index in [4.69, 9.17) is 5.21 Å². The van der Waals surface area contributed by atoms with E-state index < -0.39 is 21.5 Å². The van der Waals surface area contributed by atoms with Crippen LogP contribution < -0.4 is 15.5 Å². The van der Waals surface area contributed by atoms with Crippen LogP contribution in [0, 0.1) is 18.8 Å². The average Bonchev–Trinajstić information content (AvgIpc) is 3.36. The van der Waals surface area contributed by atoms with E-state index in [1.807, 2.05) is 6.92 Å². The molecular formula is C31H30N6O5S. The first-order valence-electron chi connectivity index (χ1n) is 13.2. The molecule has 4 aromatic rings. The zero-order chi connectivity index (χ0) is 30.8. The standard InChI is InChI=1S/C31H30N6O5S/c1-22-17-28(37(2)34-22)31(40)33-26-10-8-9-23(19-26)14-15-24-18-25(21-32-20-24)30(39)36-43(42,27-11-4-3-5-12-27)16-7-6-13-29(38)35-41/h3-5,8-12,16-21,41H,6-7,13H2,1-2H3,(H,33,40)(H,35,38)(H,36,39,42). The van der Waals surface area contributed by atoms with Gasteiger partial charge in [-0.1, -0.05) is 36.1 Å². The minimum atomic E-state index is -3.15. The van der Waals surface area contributed by atoms with Gasteiger partial charge in [-0.25, -0.2) is 9.69 Å². The van der Waals surface area contributed by atoms with Crippen molar-refractivity contribution in [1.29, 1.82) is 0 Å². The number of aryl methyl sites for hydroxylation is 2. The second kappa shape index (κ2) is 14.1. The smallest absolute Gasteiger partial charge is 0.273 e. The number of hydrogen-bond donors (Lipinski definition) is 4. The summed E-state index contributed by atoms with van der Waals surface area (Å²) in [6.07, 6.45) is 3.48. The van der Waals surface area contributed by atoms with Gasteiger partial charge in [-0.15, -0.1) is 0 Å². The number of hydroxylamine groups is 1.